The van der Waals surface area contributed by atoms with Crippen LogP contribution in [0, 0.1) is 17.8 Å². The van der Waals surface area contributed by atoms with E-state index in [0.717, 1.165) is 0 Å². The van der Waals surface area contributed by atoms with Crippen molar-refractivity contribution in [2.45, 2.75) is 83.8 Å². The van der Waals surface area contributed by atoms with Gasteiger partial charge in [-0.2, -0.15) is 0 Å². The Hall–Kier alpha value is -4.07. The molecule has 5 N–H and O–H groups in total. The number of hydrogen-bond acceptors (Lipinski definition) is 10. The number of rotatable bonds is 8. The molecule has 1 saturated carbocycles. The quantitative estimate of drug-likeness (QED) is 0.185. The van der Waals surface area contributed by atoms with Gasteiger partial charge in [-0.3, -0.25) is 14.4 Å². The molecule has 2 aliphatic heterocycles. The van der Waals surface area contributed by atoms with Crippen LogP contribution in [-0.4, -0.2) is 83.4 Å². The highest BCUT2D eigenvalue weighted by atomic mass is 16.6. The normalized spacial score (nSPS) is 31.5. The van der Waals surface area contributed by atoms with Crippen LogP contribution in [-0.2, 0) is 35.1 Å². The van der Waals surface area contributed by atoms with Crippen LogP contribution >= 0.6 is 0 Å². The lowest BCUT2D eigenvalue weighted by Gasteiger charge is -2.46. The predicted molar refractivity (Wildman–Crippen MR) is 172 cm³/mol. The first kappa shape index (κ1) is 35.8. The number of amides is 2. The number of aliphatic hydroxyl groups is 1. The summed E-state index contributed by atoms with van der Waals surface area (Å²) in [6.45, 7) is 6.52. The minimum Gasteiger partial charge on any atom is -0.441 e. The molecular formula is C34H47N5O8. The number of aliphatic hydroxyl groups excluding tert-OH is 1. The van der Waals surface area contributed by atoms with E-state index in [0.29, 0.717) is 49.9 Å². The Morgan fingerprint density at radius 1 is 1.19 bits per heavy atom. The number of allylic oxidation sites excluding steroid dienone is 3. The van der Waals surface area contributed by atoms with E-state index in [1.807, 2.05) is 30.7 Å². The van der Waals surface area contributed by atoms with E-state index in [1.165, 1.54) is 13.2 Å². The molecule has 4 aliphatic rings. The predicted octanol–water partition coefficient (Wildman–Crippen LogP) is 2.47. The summed E-state index contributed by atoms with van der Waals surface area (Å²) in [5.41, 5.74) is 6.87. The number of ether oxygens (including phenoxy) is 3. The summed E-state index contributed by atoms with van der Waals surface area (Å²) < 4.78 is 18.9. The van der Waals surface area contributed by atoms with Crippen LogP contribution < -0.4 is 16.4 Å². The molecular weight excluding hydrogens is 606 g/mol. The van der Waals surface area contributed by atoms with E-state index in [-0.39, 0.29) is 41.3 Å². The Labute approximate surface area is 275 Å². The average Bonchev–Trinajstić information content (AvgIpc) is 3.55. The van der Waals surface area contributed by atoms with Crippen molar-refractivity contribution in [2.24, 2.45) is 23.5 Å². The maximum absolute atomic E-state index is 13.8. The van der Waals surface area contributed by atoms with Gasteiger partial charge in [0.2, 0.25) is 11.6 Å². The second kappa shape index (κ2) is 16.2. The standard InChI is InChI=1S/C34H47N5O8/c1-19-14-23-28(37-10-7-12-39-13-11-36-18-39)26(40)17-25(30(23)42)38-33(43)20(2)8-6-9-22-31(46-5)24(32(22)47-34(35)44)16-21(3)29(41)27(15-19)45-4/h8,11,13,16-19,21-22,27,29,31-32,37,41H,6-7,9-10,12,14-15H2,1-5H3,(H2,35,44)(H,38,43)/b20-8+,24-16+/t19-,21+,22-,27+,29-,31?,32-/m1/s1. The summed E-state index contributed by atoms with van der Waals surface area (Å²) in [5.74, 6) is -2.17. The average molecular weight is 654 g/mol. The Kier molecular flexibility index (Phi) is 12.3. The molecule has 1 aromatic rings. The van der Waals surface area contributed by atoms with E-state index < -0.39 is 47.8 Å². The zero-order valence-corrected chi connectivity index (χ0v) is 27.7. The molecule has 5 rings (SSSR count). The zero-order chi connectivity index (χ0) is 34.2. The molecule has 13 heteroatoms. The number of nitrogens with zero attached hydrogens (tertiary/aromatic N) is 2. The topological polar surface area (TPSA) is 184 Å². The van der Waals surface area contributed by atoms with Gasteiger partial charge < -0.3 is 40.3 Å². The number of Topliss-reactive ketones (excluding diaryl/α,β-unsaturated/α-hetero) is 1. The molecule has 7 atom stereocenters. The number of carbonyl (C=O) groups excluding carboxylic acids is 4. The minimum absolute atomic E-state index is 0.0871. The fourth-order valence-electron chi connectivity index (χ4n) is 6.60. The van der Waals surface area contributed by atoms with Gasteiger partial charge in [-0.1, -0.05) is 26.0 Å². The highest BCUT2D eigenvalue weighted by molar-refractivity contribution is 6.23. The second-order valence-electron chi connectivity index (χ2n) is 12.6. The van der Waals surface area contributed by atoms with Crippen LogP contribution in [0.5, 0.6) is 0 Å². The Balaban J connectivity index is 1.64. The second-order valence-corrected chi connectivity index (χ2v) is 12.6. The Bertz CT molecular complexity index is 1450. The van der Waals surface area contributed by atoms with Crippen molar-refractivity contribution >= 4 is 23.6 Å². The van der Waals surface area contributed by atoms with Gasteiger partial charge in [-0.05, 0) is 50.5 Å². The number of ketones is 2. The van der Waals surface area contributed by atoms with Crippen LogP contribution in [0.25, 0.3) is 0 Å². The number of methoxy groups -OCH3 is 2. The number of hydrogen-bond donors (Lipinski definition) is 4. The third-order valence-electron chi connectivity index (χ3n) is 9.15. The smallest absolute Gasteiger partial charge is 0.405 e. The molecule has 1 aromatic heterocycles. The summed E-state index contributed by atoms with van der Waals surface area (Å²) in [5, 5.41) is 17.2. The van der Waals surface area contributed by atoms with Crippen LogP contribution in [0.15, 0.2) is 65.1 Å². The first-order chi connectivity index (χ1) is 22.4. The van der Waals surface area contributed by atoms with Crippen molar-refractivity contribution in [2.75, 3.05) is 20.8 Å². The molecule has 0 spiro atoms. The Morgan fingerprint density at radius 2 is 1.96 bits per heavy atom. The number of nitrogens with two attached hydrogens (primary N) is 1. The molecule has 0 aromatic carbocycles. The Morgan fingerprint density at radius 3 is 2.62 bits per heavy atom. The molecule has 1 fully saturated rings. The summed E-state index contributed by atoms with van der Waals surface area (Å²) in [7, 11) is 3.08. The lowest BCUT2D eigenvalue weighted by Crippen LogP contribution is -2.53. The molecule has 13 nitrogen and oxygen atoms in total. The van der Waals surface area contributed by atoms with Gasteiger partial charge >= 0.3 is 6.09 Å². The molecule has 1 unspecified atom stereocenters. The zero-order valence-electron chi connectivity index (χ0n) is 27.7. The lowest BCUT2D eigenvalue weighted by atomic mass is 9.69. The molecule has 2 aliphatic carbocycles. The molecule has 256 valence electrons. The number of carbonyl (C=O) groups is 4. The van der Waals surface area contributed by atoms with Crippen molar-refractivity contribution in [3.63, 3.8) is 0 Å². The van der Waals surface area contributed by atoms with Gasteiger partial charge in [0.05, 0.1) is 36.0 Å². The van der Waals surface area contributed by atoms with E-state index >= 15 is 0 Å². The highest BCUT2D eigenvalue weighted by Gasteiger charge is 2.48. The number of aryl methyl sites for hydroxylation is 1. The van der Waals surface area contributed by atoms with Crippen LogP contribution in [0.2, 0.25) is 0 Å². The van der Waals surface area contributed by atoms with Gasteiger partial charge in [-0.25, -0.2) is 9.78 Å². The van der Waals surface area contributed by atoms with Gasteiger partial charge in [-0.15, -0.1) is 0 Å². The molecule has 47 heavy (non-hydrogen) atoms. The van der Waals surface area contributed by atoms with Crippen molar-refractivity contribution in [3.8, 4) is 0 Å². The highest BCUT2D eigenvalue weighted by Crippen LogP contribution is 2.43. The summed E-state index contributed by atoms with van der Waals surface area (Å²) >= 11 is 0. The molecule has 2 amide bonds. The van der Waals surface area contributed by atoms with Crippen molar-refractivity contribution in [1.82, 2.24) is 20.2 Å². The maximum Gasteiger partial charge on any atom is 0.405 e. The van der Waals surface area contributed by atoms with Crippen LogP contribution in [0.3, 0.4) is 0 Å². The number of imidazole rings is 1. The summed E-state index contributed by atoms with van der Waals surface area (Å²) in [4.78, 5) is 56.2. The number of aromatic nitrogens is 2. The van der Waals surface area contributed by atoms with Gasteiger partial charge in [0.1, 0.15) is 6.10 Å². The van der Waals surface area contributed by atoms with Crippen LogP contribution in [0.4, 0.5) is 4.79 Å². The van der Waals surface area contributed by atoms with Gasteiger partial charge in [0, 0.05) is 68.8 Å². The monoisotopic (exact) mass is 653 g/mol. The van der Waals surface area contributed by atoms with Crippen molar-refractivity contribution in [3.05, 3.63) is 65.1 Å². The summed E-state index contributed by atoms with van der Waals surface area (Å²) in [6.07, 6.45) is 8.74. The lowest BCUT2D eigenvalue weighted by molar-refractivity contribution is -0.120. The number of nitrogens with one attached hydrogen (secondary N) is 2. The molecule has 0 radical (unpaired) electrons. The van der Waals surface area contributed by atoms with E-state index in [4.69, 9.17) is 19.9 Å². The number of primary amides is 1. The van der Waals surface area contributed by atoms with E-state index in [9.17, 15) is 24.3 Å². The summed E-state index contributed by atoms with van der Waals surface area (Å²) in [6, 6.07) is 0. The fourth-order valence-corrected chi connectivity index (χ4v) is 6.60. The van der Waals surface area contributed by atoms with Gasteiger partial charge in [0.25, 0.3) is 5.91 Å². The maximum atomic E-state index is 13.8. The van der Waals surface area contributed by atoms with Crippen molar-refractivity contribution < 1.29 is 38.5 Å². The molecule has 3 heterocycles. The third-order valence-corrected chi connectivity index (χ3v) is 9.15. The SMILES string of the molecule is COC1/C2=C\[C@H](C)[C@@H](O)[C@@H](OC)C[C@H](C)CC3=C(NCCCn4ccnc4)C(=O)C=C(NC(=O)/C(C)=C/CC[C@H]1[C@H]2OC(N)=O)C3=O. The molecule has 0 saturated heterocycles. The molecule has 4 bridgehead atoms. The van der Waals surface area contributed by atoms with Crippen molar-refractivity contribution in [1.29, 1.82) is 0 Å². The van der Waals surface area contributed by atoms with Gasteiger partial charge in [0.15, 0.2) is 0 Å². The first-order valence-electron chi connectivity index (χ1n) is 16.1. The fraction of sp³-hybridized carbons (Fsp3) is 0.559. The minimum atomic E-state index is -0.943. The van der Waals surface area contributed by atoms with E-state index in [2.05, 4.69) is 15.6 Å². The van der Waals surface area contributed by atoms with E-state index in [1.54, 1.807) is 32.6 Å². The first-order valence-corrected chi connectivity index (χ1v) is 16.1. The third kappa shape index (κ3) is 8.65. The number of fused-ring (bicyclic) bond motifs is 10. The van der Waals surface area contributed by atoms with Crippen LogP contribution in [0.1, 0.15) is 52.9 Å². The largest absolute Gasteiger partial charge is 0.441 e.